The lowest BCUT2D eigenvalue weighted by molar-refractivity contribution is 0.300. The Morgan fingerprint density at radius 2 is 2.00 bits per heavy atom. The Balaban J connectivity index is 2.12. The summed E-state index contributed by atoms with van der Waals surface area (Å²) in [6.07, 6.45) is 0. The highest BCUT2D eigenvalue weighted by Crippen LogP contribution is 2.20. The maximum absolute atomic E-state index is 13.6. The summed E-state index contributed by atoms with van der Waals surface area (Å²) in [4.78, 5) is 0. The highest BCUT2D eigenvalue weighted by molar-refractivity contribution is 6.30. The van der Waals surface area contributed by atoms with Crippen molar-refractivity contribution in [2.75, 3.05) is 0 Å². The average Bonchev–Trinajstić information content (AvgIpc) is 2.41. The summed E-state index contributed by atoms with van der Waals surface area (Å²) in [5.41, 5.74) is 0.879. The van der Waals surface area contributed by atoms with Crippen molar-refractivity contribution in [3.05, 3.63) is 64.4 Å². The number of halogens is 2. The Morgan fingerprint density at radius 1 is 1.22 bits per heavy atom. The minimum absolute atomic E-state index is 0.0707. The van der Waals surface area contributed by atoms with Crippen molar-refractivity contribution in [3.8, 4) is 11.8 Å². The van der Waals surface area contributed by atoms with Crippen molar-refractivity contribution in [2.24, 2.45) is 0 Å². The highest BCUT2D eigenvalue weighted by Gasteiger charge is 2.06. The average molecular weight is 262 g/mol. The molecule has 0 saturated heterocycles. The SMILES string of the molecule is N#Cc1cccc(OCc2cccc(Cl)c2F)c1. The lowest BCUT2D eigenvalue weighted by atomic mass is 10.2. The molecule has 0 aliphatic carbocycles. The fourth-order valence-corrected chi connectivity index (χ4v) is 1.67. The summed E-state index contributed by atoms with van der Waals surface area (Å²) < 4.78 is 19.0. The first-order valence-corrected chi connectivity index (χ1v) is 5.64. The van der Waals surface area contributed by atoms with Gasteiger partial charge in [-0.05, 0) is 24.3 Å². The van der Waals surface area contributed by atoms with Crippen molar-refractivity contribution in [1.29, 1.82) is 5.26 Å². The van der Waals surface area contributed by atoms with Gasteiger partial charge in [-0.15, -0.1) is 0 Å². The van der Waals surface area contributed by atoms with Gasteiger partial charge in [-0.3, -0.25) is 0 Å². The first kappa shape index (κ1) is 12.4. The largest absolute Gasteiger partial charge is 0.489 e. The number of nitrogens with zero attached hydrogens (tertiary/aromatic N) is 1. The summed E-state index contributed by atoms with van der Waals surface area (Å²) in [5, 5.41) is 8.82. The second-order valence-corrected chi connectivity index (χ2v) is 4.05. The molecule has 90 valence electrons. The fourth-order valence-electron chi connectivity index (χ4n) is 1.48. The van der Waals surface area contributed by atoms with Gasteiger partial charge in [0.25, 0.3) is 0 Å². The normalized spacial score (nSPS) is 9.83. The van der Waals surface area contributed by atoms with Crippen LogP contribution in [0.4, 0.5) is 4.39 Å². The van der Waals surface area contributed by atoms with E-state index < -0.39 is 5.82 Å². The number of rotatable bonds is 3. The van der Waals surface area contributed by atoms with Crippen molar-refractivity contribution in [3.63, 3.8) is 0 Å². The van der Waals surface area contributed by atoms with E-state index in [1.54, 1.807) is 36.4 Å². The third-order valence-corrected chi connectivity index (χ3v) is 2.68. The van der Waals surface area contributed by atoms with Crippen LogP contribution in [0.25, 0.3) is 0 Å². The highest BCUT2D eigenvalue weighted by atomic mass is 35.5. The standard InChI is InChI=1S/C14H9ClFNO/c15-13-6-2-4-11(14(13)16)9-18-12-5-1-3-10(7-12)8-17/h1-7H,9H2. The first-order chi connectivity index (χ1) is 8.70. The Morgan fingerprint density at radius 3 is 2.78 bits per heavy atom. The summed E-state index contributed by atoms with van der Waals surface area (Å²) >= 11 is 5.67. The van der Waals surface area contributed by atoms with Crippen molar-refractivity contribution in [1.82, 2.24) is 0 Å². The molecular weight excluding hydrogens is 253 g/mol. The van der Waals surface area contributed by atoms with Crippen LogP contribution < -0.4 is 4.74 Å². The topological polar surface area (TPSA) is 33.0 Å². The van der Waals surface area contributed by atoms with Gasteiger partial charge in [-0.1, -0.05) is 29.8 Å². The number of ether oxygens (including phenoxy) is 1. The summed E-state index contributed by atoms with van der Waals surface area (Å²) in [5.74, 6) is 0.0454. The van der Waals surface area contributed by atoms with Crippen LogP contribution in [0, 0.1) is 17.1 Å². The second kappa shape index (κ2) is 5.52. The summed E-state index contributed by atoms with van der Waals surface area (Å²) in [6.45, 7) is 0.0707. The van der Waals surface area contributed by atoms with E-state index in [1.807, 2.05) is 6.07 Å². The lowest BCUT2D eigenvalue weighted by Gasteiger charge is -2.07. The molecule has 0 spiro atoms. The smallest absolute Gasteiger partial charge is 0.148 e. The maximum atomic E-state index is 13.6. The van der Waals surface area contributed by atoms with E-state index in [1.165, 1.54) is 6.07 Å². The molecule has 0 heterocycles. The van der Waals surface area contributed by atoms with Crippen LogP contribution in [0.5, 0.6) is 5.75 Å². The van der Waals surface area contributed by atoms with Crippen molar-refractivity contribution < 1.29 is 9.13 Å². The molecule has 0 aliphatic heterocycles. The molecule has 2 aromatic carbocycles. The summed E-state index contributed by atoms with van der Waals surface area (Å²) in [7, 11) is 0. The van der Waals surface area contributed by atoms with Gasteiger partial charge in [0.2, 0.25) is 0 Å². The van der Waals surface area contributed by atoms with E-state index in [0.29, 0.717) is 16.9 Å². The number of hydrogen-bond acceptors (Lipinski definition) is 2. The minimum Gasteiger partial charge on any atom is -0.489 e. The van der Waals surface area contributed by atoms with E-state index in [2.05, 4.69) is 0 Å². The molecule has 0 unspecified atom stereocenters. The number of nitriles is 1. The van der Waals surface area contributed by atoms with E-state index in [9.17, 15) is 4.39 Å². The van der Waals surface area contributed by atoms with Crippen LogP contribution in [0.1, 0.15) is 11.1 Å². The molecule has 0 aromatic heterocycles. The molecule has 0 amide bonds. The molecule has 0 radical (unpaired) electrons. The third-order valence-electron chi connectivity index (χ3n) is 2.39. The van der Waals surface area contributed by atoms with Gasteiger partial charge in [0.05, 0.1) is 16.7 Å². The molecule has 18 heavy (non-hydrogen) atoms. The van der Waals surface area contributed by atoms with Gasteiger partial charge in [0.15, 0.2) is 0 Å². The van der Waals surface area contributed by atoms with E-state index in [4.69, 9.17) is 21.6 Å². The van der Waals surface area contributed by atoms with Gasteiger partial charge in [0.1, 0.15) is 18.2 Å². The van der Waals surface area contributed by atoms with Crippen LogP contribution in [-0.4, -0.2) is 0 Å². The Kier molecular flexibility index (Phi) is 3.81. The van der Waals surface area contributed by atoms with Crippen molar-refractivity contribution >= 4 is 11.6 Å². The molecule has 0 aliphatic rings. The van der Waals surface area contributed by atoms with E-state index in [0.717, 1.165) is 0 Å². The van der Waals surface area contributed by atoms with Gasteiger partial charge in [-0.2, -0.15) is 5.26 Å². The van der Waals surface area contributed by atoms with E-state index >= 15 is 0 Å². The van der Waals surface area contributed by atoms with Gasteiger partial charge in [-0.25, -0.2) is 4.39 Å². The van der Waals surface area contributed by atoms with E-state index in [-0.39, 0.29) is 11.6 Å². The zero-order valence-electron chi connectivity index (χ0n) is 9.36. The molecular formula is C14H9ClFNO. The molecule has 2 rings (SSSR count). The predicted molar refractivity (Wildman–Crippen MR) is 66.9 cm³/mol. The molecule has 0 N–H and O–H groups in total. The quantitative estimate of drug-likeness (QED) is 0.839. The van der Waals surface area contributed by atoms with Gasteiger partial charge < -0.3 is 4.74 Å². The van der Waals surface area contributed by atoms with Crippen LogP contribution in [0.15, 0.2) is 42.5 Å². The molecule has 0 atom stereocenters. The lowest BCUT2D eigenvalue weighted by Crippen LogP contribution is -1.99. The number of hydrogen-bond donors (Lipinski definition) is 0. The molecule has 4 heteroatoms. The Bertz CT molecular complexity index is 607. The minimum atomic E-state index is -0.476. The monoisotopic (exact) mass is 261 g/mol. The number of benzene rings is 2. The van der Waals surface area contributed by atoms with Gasteiger partial charge >= 0.3 is 0 Å². The molecule has 2 nitrogen and oxygen atoms in total. The Hall–Kier alpha value is -2.05. The molecule has 0 bridgehead atoms. The predicted octanol–water partition coefficient (Wildman–Crippen LogP) is 3.93. The summed E-state index contributed by atoms with van der Waals surface area (Å²) in [6, 6.07) is 13.5. The molecule has 0 saturated carbocycles. The maximum Gasteiger partial charge on any atom is 0.148 e. The molecule has 2 aromatic rings. The first-order valence-electron chi connectivity index (χ1n) is 5.26. The Labute approximate surface area is 109 Å². The zero-order valence-corrected chi connectivity index (χ0v) is 10.1. The fraction of sp³-hybridized carbons (Fsp3) is 0.0714. The van der Waals surface area contributed by atoms with Crippen LogP contribution in [-0.2, 0) is 6.61 Å². The zero-order chi connectivity index (χ0) is 13.0. The third kappa shape index (κ3) is 2.79. The van der Waals surface area contributed by atoms with Crippen LogP contribution in [0.2, 0.25) is 5.02 Å². The van der Waals surface area contributed by atoms with Crippen LogP contribution in [0.3, 0.4) is 0 Å². The van der Waals surface area contributed by atoms with Crippen LogP contribution >= 0.6 is 11.6 Å². The molecule has 0 fully saturated rings. The van der Waals surface area contributed by atoms with Gasteiger partial charge in [0, 0.05) is 5.56 Å². The van der Waals surface area contributed by atoms with Crippen molar-refractivity contribution in [2.45, 2.75) is 6.61 Å². The second-order valence-electron chi connectivity index (χ2n) is 3.64.